The summed E-state index contributed by atoms with van der Waals surface area (Å²) in [5.74, 6) is -1.43. The fourth-order valence-corrected chi connectivity index (χ4v) is 3.16. The molecule has 0 heterocycles. The van der Waals surface area contributed by atoms with Crippen LogP contribution in [0.3, 0.4) is 0 Å². The van der Waals surface area contributed by atoms with E-state index in [1.54, 1.807) is 13.8 Å². The fourth-order valence-electron chi connectivity index (χ4n) is 3.16. The number of hydrogen-bond acceptors (Lipinski definition) is 9. The highest BCUT2D eigenvalue weighted by atomic mass is 16.6. The number of ether oxygens (including phenoxy) is 4. The molecule has 0 amide bonds. The maximum atomic E-state index is 12.6. The van der Waals surface area contributed by atoms with E-state index < -0.39 is 28.9 Å². The first-order valence-corrected chi connectivity index (χ1v) is 13.2. The highest BCUT2D eigenvalue weighted by molar-refractivity contribution is 5.80. The molecule has 0 rings (SSSR count). The van der Waals surface area contributed by atoms with Crippen molar-refractivity contribution in [3.05, 3.63) is 0 Å². The first kappa shape index (κ1) is 34.0. The Bertz CT molecular complexity index is 674. The molecule has 9 nitrogen and oxygen atoms in total. The number of ketones is 1. The second-order valence-corrected chi connectivity index (χ2v) is 10.1. The van der Waals surface area contributed by atoms with Crippen molar-refractivity contribution in [3.8, 4) is 0 Å². The summed E-state index contributed by atoms with van der Waals surface area (Å²) in [6.45, 7) is 10.9. The summed E-state index contributed by atoms with van der Waals surface area (Å²) in [7, 11) is 0. The number of Topliss-reactive ketones (excluding diaryl/α,β-unsaturated/α-hetero) is 1. The van der Waals surface area contributed by atoms with Crippen molar-refractivity contribution in [3.63, 3.8) is 0 Å². The van der Waals surface area contributed by atoms with Crippen molar-refractivity contribution in [2.45, 2.75) is 105 Å². The van der Waals surface area contributed by atoms with Crippen LogP contribution in [-0.2, 0) is 38.1 Å². The molecule has 210 valence electrons. The molecular weight excluding hydrogens is 468 g/mol. The van der Waals surface area contributed by atoms with Crippen molar-refractivity contribution >= 4 is 23.7 Å². The molecule has 0 spiro atoms. The van der Waals surface area contributed by atoms with Crippen LogP contribution in [0.1, 0.15) is 99.3 Å². The van der Waals surface area contributed by atoms with Crippen molar-refractivity contribution in [2.75, 3.05) is 33.0 Å². The minimum atomic E-state index is -0.915. The molecule has 1 unspecified atom stereocenters. The summed E-state index contributed by atoms with van der Waals surface area (Å²) in [5, 5.41) is 8.73. The van der Waals surface area contributed by atoms with Gasteiger partial charge in [0, 0.05) is 13.0 Å². The van der Waals surface area contributed by atoms with Crippen molar-refractivity contribution < 1.29 is 43.2 Å². The first-order chi connectivity index (χ1) is 16.9. The smallest absolute Gasteiger partial charge is 0.335 e. The van der Waals surface area contributed by atoms with Gasteiger partial charge in [-0.1, -0.05) is 26.7 Å². The Morgan fingerprint density at radius 2 is 1.44 bits per heavy atom. The Morgan fingerprint density at radius 1 is 0.806 bits per heavy atom. The number of carbonyl (C=O) groups excluding carboxylic acids is 4. The van der Waals surface area contributed by atoms with Crippen LogP contribution in [0.4, 0.5) is 0 Å². The topological polar surface area (TPSA) is 125 Å². The average Bonchev–Trinajstić information content (AvgIpc) is 2.85. The van der Waals surface area contributed by atoms with Crippen LogP contribution in [0.15, 0.2) is 0 Å². The maximum absolute atomic E-state index is 12.6. The fraction of sp³-hybridized carbons (Fsp3) is 0.852. The van der Waals surface area contributed by atoms with Gasteiger partial charge in [-0.25, -0.2) is 4.79 Å². The Balaban J connectivity index is 4.34. The first-order valence-electron chi connectivity index (χ1n) is 13.2. The van der Waals surface area contributed by atoms with E-state index in [1.807, 2.05) is 20.8 Å². The average molecular weight is 517 g/mol. The van der Waals surface area contributed by atoms with Gasteiger partial charge < -0.3 is 24.1 Å². The van der Waals surface area contributed by atoms with E-state index in [9.17, 15) is 19.2 Å². The molecule has 1 N–H and O–H groups in total. The van der Waals surface area contributed by atoms with Crippen LogP contribution in [0.5, 0.6) is 0 Å². The molecule has 0 aromatic carbocycles. The molecule has 0 aromatic heterocycles. The van der Waals surface area contributed by atoms with Gasteiger partial charge in [0.1, 0.15) is 19.8 Å². The van der Waals surface area contributed by atoms with E-state index in [0.29, 0.717) is 45.1 Å². The summed E-state index contributed by atoms with van der Waals surface area (Å²) < 4.78 is 21.0. The van der Waals surface area contributed by atoms with Gasteiger partial charge in [-0.05, 0) is 66.2 Å². The largest absolute Gasteiger partial charge is 0.465 e. The van der Waals surface area contributed by atoms with Gasteiger partial charge in [-0.3, -0.25) is 14.4 Å². The van der Waals surface area contributed by atoms with Crippen molar-refractivity contribution in [1.29, 1.82) is 0 Å². The number of hydrogen-bond donors (Lipinski definition) is 1. The van der Waals surface area contributed by atoms with Crippen LogP contribution in [0.25, 0.3) is 0 Å². The van der Waals surface area contributed by atoms with Crippen molar-refractivity contribution in [2.24, 2.45) is 10.8 Å². The molecule has 0 aliphatic heterocycles. The Morgan fingerprint density at radius 3 is 2.06 bits per heavy atom. The summed E-state index contributed by atoms with van der Waals surface area (Å²) in [6, 6.07) is 0. The lowest BCUT2D eigenvalue weighted by Crippen LogP contribution is -2.34. The lowest BCUT2D eigenvalue weighted by atomic mass is 9.76. The van der Waals surface area contributed by atoms with Crippen molar-refractivity contribution in [1.82, 2.24) is 0 Å². The zero-order chi connectivity index (χ0) is 27.6. The lowest BCUT2D eigenvalue weighted by molar-refractivity contribution is -0.165. The zero-order valence-corrected chi connectivity index (χ0v) is 23.2. The molecular formula is C27H48O9. The number of rotatable bonds is 21. The molecule has 2 atom stereocenters. The lowest BCUT2D eigenvalue weighted by Gasteiger charge is -2.30. The van der Waals surface area contributed by atoms with Gasteiger partial charge >= 0.3 is 17.9 Å². The predicted octanol–water partition coefficient (Wildman–Crippen LogP) is 4.17. The Labute approximate surface area is 216 Å². The molecule has 0 saturated carbocycles. The normalized spacial score (nSPS) is 14.0. The molecule has 9 heteroatoms. The Hall–Kier alpha value is -2.00. The van der Waals surface area contributed by atoms with E-state index in [4.69, 9.17) is 24.1 Å². The van der Waals surface area contributed by atoms with Crippen LogP contribution in [0, 0.1) is 10.8 Å². The third-order valence-corrected chi connectivity index (χ3v) is 6.36. The molecule has 0 aromatic rings. The minimum absolute atomic E-state index is 0.103. The standard InChI is InChI=1S/C27H48O9/c1-7-9-17-34-25(32)27(6,8-2)15-14-26(4,5)24(31)35-19-18-33-23(30)21(3)36-20-22(29)13-11-10-12-16-28/h21,28H,7-20H2,1-6H3/t21?,27-/m1/s1. The number of esters is 3. The number of aliphatic hydroxyl groups is 1. The third-order valence-electron chi connectivity index (χ3n) is 6.36. The second-order valence-electron chi connectivity index (χ2n) is 10.1. The maximum Gasteiger partial charge on any atom is 0.335 e. The van der Waals surface area contributed by atoms with E-state index in [-0.39, 0.29) is 38.2 Å². The van der Waals surface area contributed by atoms with E-state index in [1.165, 1.54) is 6.92 Å². The van der Waals surface area contributed by atoms with Crippen LogP contribution < -0.4 is 0 Å². The van der Waals surface area contributed by atoms with Crippen LogP contribution >= 0.6 is 0 Å². The van der Waals surface area contributed by atoms with E-state index in [2.05, 4.69) is 0 Å². The summed E-state index contributed by atoms with van der Waals surface area (Å²) in [6.07, 6.45) is 4.82. The van der Waals surface area contributed by atoms with Crippen LogP contribution in [0.2, 0.25) is 0 Å². The van der Waals surface area contributed by atoms with Gasteiger partial charge in [0.2, 0.25) is 0 Å². The summed E-state index contributed by atoms with van der Waals surface area (Å²) in [5.41, 5.74) is -1.49. The SMILES string of the molecule is CCCCOC(=O)[C@](C)(CC)CCC(C)(C)C(=O)OCCOC(=O)C(C)OCC(=O)CCCCCO. The number of carbonyl (C=O) groups is 4. The number of unbranched alkanes of at least 4 members (excludes halogenated alkanes) is 3. The molecule has 0 bridgehead atoms. The monoisotopic (exact) mass is 516 g/mol. The molecule has 0 saturated heterocycles. The highest BCUT2D eigenvalue weighted by Crippen LogP contribution is 2.35. The van der Waals surface area contributed by atoms with Gasteiger partial charge in [0.15, 0.2) is 11.9 Å². The molecule has 0 aliphatic rings. The minimum Gasteiger partial charge on any atom is -0.465 e. The second kappa shape index (κ2) is 18.3. The Kier molecular flexibility index (Phi) is 17.3. The van der Waals surface area contributed by atoms with Crippen LogP contribution in [-0.4, -0.2) is 67.9 Å². The third kappa shape index (κ3) is 13.9. The van der Waals surface area contributed by atoms with Gasteiger partial charge in [0.25, 0.3) is 0 Å². The predicted molar refractivity (Wildman–Crippen MR) is 135 cm³/mol. The zero-order valence-electron chi connectivity index (χ0n) is 23.2. The summed E-state index contributed by atoms with van der Waals surface area (Å²) in [4.78, 5) is 48.9. The molecule has 0 aliphatic carbocycles. The molecule has 0 fully saturated rings. The van der Waals surface area contributed by atoms with E-state index in [0.717, 1.165) is 19.3 Å². The molecule has 0 radical (unpaired) electrons. The van der Waals surface area contributed by atoms with Gasteiger partial charge in [-0.2, -0.15) is 0 Å². The quantitative estimate of drug-likeness (QED) is 0.136. The number of aliphatic hydroxyl groups excluding tert-OH is 1. The van der Waals surface area contributed by atoms with Gasteiger partial charge in [-0.15, -0.1) is 0 Å². The molecule has 36 heavy (non-hydrogen) atoms. The summed E-state index contributed by atoms with van der Waals surface area (Å²) >= 11 is 0. The van der Waals surface area contributed by atoms with Gasteiger partial charge in [0.05, 0.1) is 17.4 Å². The highest BCUT2D eigenvalue weighted by Gasteiger charge is 2.38. The van der Waals surface area contributed by atoms with E-state index >= 15 is 0 Å².